The molecule has 0 atom stereocenters. The Morgan fingerprint density at radius 1 is 1.17 bits per heavy atom. The lowest BCUT2D eigenvalue weighted by Gasteiger charge is -2.16. The van der Waals surface area contributed by atoms with E-state index in [1.165, 1.54) is 49.2 Å². The van der Waals surface area contributed by atoms with Crippen LogP contribution >= 0.6 is 11.3 Å². The number of nitrogens with zero attached hydrogens (tertiary/aromatic N) is 3. The van der Waals surface area contributed by atoms with Gasteiger partial charge in [-0.3, -0.25) is 9.36 Å². The monoisotopic (exact) mass is 332 g/mol. The molecule has 1 fully saturated rings. The Balaban J connectivity index is 1.60. The lowest BCUT2D eigenvalue weighted by molar-refractivity contribution is 0.352. The number of aryl methyl sites for hydroxylation is 2. The Labute approximate surface area is 140 Å². The van der Waals surface area contributed by atoms with Crippen molar-refractivity contribution in [3.05, 3.63) is 20.8 Å². The molecule has 0 saturated carbocycles. The average Bonchev–Trinajstić information content (AvgIpc) is 3.19. The molecule has 2 aliphatic rings. The molecular weight excluding hydrogens is 308 g/mol. The fraction of sp³-hybridized carbons (Fsp3) is 0.647. The normalized spacial score (nSPS) is 18.5. The second-order valence-corrected chi connectivity index (χ2v) is 7.75. The predicted molar refractivity (Wildman–Crippen MR) is 95.7 cm³/mol. The van der Waals surface area contributed by atoms with Gasteiger partial charge in [-0.15, -0.1) is 11.3 Å². The van der Waals surface area contributed by atoms with Crippen molar-refractivity contribution in [3.8, 4) is 0 Å². The maximum atomic E-state index is 12.8. The standard InChI is InChI=1S/C17H24N4OS/c1-20-16(22)14-12-6-2-3-7-13(12)23-15(14)19-17(20)18-8-11-21-9-4-5-10-21/h2-11H2,1H3,(H,18,19). The lowest BCUT2D eigenvalue weighted by atomic mass is 9.97. The van der Waals surface area contributed by atoms with Gasteiger partial charge in [-0.05, 0) is 57.2 Å². The number of fused-ring (bicyclic) bond motifs is 3. The molecule has 0 unspecified atom stereocenters. The van der Waals surface area contributed by atoms with Crippen LogP contribution in [0.15, 0.2) is 4.79 Å². The van der Waals surface area contributed by atoms with Crippen LogP contribution in [0.5, 0.6) is 0 Å². The van der Waals surface area contributed by atoms with E-state index in [1.54, 1.807) is 15.9 Å². The third kappa shape index (κ3) is 2.78. The summed E-state index contributed by atoms with van der Waals surface area (Å²) in [6.45, 7) is 4.27. The fourth-order valence-corrected chi connectivity index (χ4v) is 5.03. The van der Waals surface area contributed by atoms with Crippen molar-refractivity contribution in [3.63, 3.8) is 0 Å². The summed E-state index contributed by atoms with van der Waals surface area (Å²) >= 11 is 1.72. The molecule has 0 radical (unpaired) electrons. The highest BCUT2D eigenvalue weighted by molar-refractivity contribution is 7.18. The molecule has 6 heteroatoms. The predicted octanol–water partition coefficient (Wildman–Crippen LogP) is 2.38. The molecule has 3 heterocycles. The summed E-state index contributed by atoms with van der Waals surface area (Å²) in [7, 11) is 1.83. The second kappa shape index (κ2) is 6.24. The summed E-state index contributed by atoms with van der Waals surface area (Å²) in [5.74, 6) is 0.709. The molecule has 2 aromatic heterocycles. The summed E-state index contributed by atoms with van der Waals surface area (Å²) in [6, 6.07) is 0. The number of nitrogens with one attached hydrogen (secondary N) is 1. The number of aromatic nitrogens is 2. The number of rotatable bonds is 4. The summed E-state index contributed by atoms with van der Waals surface area (Å²) < 4.78 is 1.69. The summed E-state index contributed by atoms with van der Waals surface area (Å²) in [5.41, 5.74) is 1.38. The van der Waals surface area contributed by atoms with E-state index in [-0.39, 0.29) is 5.56 Å². The molecule has 0 aromatic carbocycles. The Hall–Kier alpha value is -1.40. The number of hydrogen-bond donors (Lipinski definition) is 1. The van der Waals surface area contributed by atoms with Gasteiger partial charge in [0.25, 0.3) is 5.56 Å². The molecule has 124 valence electrons. The molecule has 1 aliphatic carbocycles. The molecular formula is C17H24N4OS. The van der Waals surface area contributed by atoms with Crippen LogP contribution in [0.25, 0.3) is 10.2 Å². The summed E-state index contributed by atoms with van der Waals surface area (Å²) in [4.78, 5) is 22.3. The van der Waals surface area contributed by atoms with Gasteiger partial charge >= 0.3 is 0 Å². The first kappa shape index (κ1) is 15.1. The largest absolute Gasteiger partial charge is 0.354 e. The van der Waals surface area contributed by atoms with Crippen LogP contribution in [-0.2, 0) is 19.9 Å². The van der Waals surface area contributed by atoms with Gasteiger partial charge in [0.05, 0.1) is 5.39 Å². The molecule has 0 spiro atoms. The third-order valence-electron chi connectivity index (χ3n) is 5.11. The first-order valence-corrected chi connectivity index (χ1v) is 9.53. The van der Waals surface area contributed by atoms with Gasteiger partial charge < -0.3 is 10.2 Å². The van der Waals surface area contributed by atoms with Crippen LogP contribution in [-0.4, -0.2) is 40.6 Å². The quantitative estimate of drug-likeness (QED) is 0.934. The minimum Gasteiger partial charge on any atom is -0.354 e. The van der Waals surface area contributed by atoms with Crippen LogP contribution in [0.3, 0.4) is 0 Å². The fourth-order valence-electron chi connectivity index (χ4n) is 3.78. The van der Waals surface area contributed by atoms with Gasteiger partial charge in [-0.25, -0.2) is 4.98 Å². The van der Waals surface area contributed by atoms with Gasteiger partial charge in [0.1, 0.15) is 4.83 Å². The van der Waals surface area contributed by atoms with Gasteiger partial charge in [-0.1, -0.05) is 0 Å². The Bertz CT molecular complexity index is 773. The number of hydrogen-bond acceptors (Lipinski definition) is 5. The van der Waals surface area contributed by atoms with E-state index in [0.29, 0.717) is 5.95 Å². The van der Waals surface area contributed by atoms with Crippen LogP contribution in [0.4, 0.5) is 5.95 Å². The summed E-state index contributed by atoms with van der Waals surface area (Å²) in [5, 5.41) is 4.24. The number of anilines is 1. The second-order valence-electron chi connectivity index (χ2n) is 6.67. The van der Waals surface area contributed by atoms with Crippen molar-refractivity contribution in [2.24, 2.45) is 7.05 Å². The SMILES string of the molecule is Cn1c(NCCN2CCCC2)nc2sc3c(c2c1=O)CCCC3. The van der Waals surface area contributed by atoms with Crippen LogP contribution in [0.2, 0.25) is 0 Å². The molecule has 4 rings (SSSR count). The highest BCUT2D eigenvalue weighted by Gasteiger charge is 2.21. The number of likely N-dealkylation sites (tertiary alicyclic amines) is 1. The van der Waals surface area contributed by atoms with Crippen molar-refractivity contribution in [1.82, 2.24) is 14.5 Å². The van der Waals surface area contributed by atoms with Gasteiger partial charge in [0, 0.05) is 25.0 Å². The van der Waals surface area contributed by atoms with Crippen molar-refractivity contribution in [2.45, 2.75) is 38.5 Å². The molecule has 0 amide bonds. The van der Waals surface area contributed by atoms with Gasteiger partial charge in [0.2, 0.25) is 5.95 Å². The zero-order valence-corrected chi connectivity index (χ0v) is 14.5. The van der Waals surface area contributed by atoms with E-state index in [0.717, 1.165) is 36.1 Å². The van der Waals surface area contributed by atoms with Gasteiger partial charge in [-0.2, -0.15) is 0 Å². The van der Waals surface area contributed by atoms with E-state index in [4.69, 9.17) is 4.98 Å². The zero-order chi connectivity index (χ0) is 15.8. The Morgan fingerprint density at radius 3 is 2.78 bits per heavy atom. The van der Waals surface area contributed by atoms with E-state index in [1.807, 2.05) is 7.05 Å². The maximum Gasteiger partial charge on any atom is 0.263 e. The molecule has 2 aromatic rings. The number of thiophene rings is 1. The highest BCUT2D eigenvalue weighted by Crippen LogP contribution is 2.34. The summed E-state index contributed by atoms with van der Waals surface area (Å²) in [6.07, 6.45) is 7.19. The molecule has 1 N–H and O–H groups in total. The average molecular weight is 332 g/mol. The van der Waals surface area contributed by atoms with E-state index in [9.17, 15) is 4.79 Å². The van der Waals surface area contributed by atoms with E-state index < -0.39 is 0 Å². The molecule has 5 nitrogen and oxygen atoms in total. The molecule has 0 bridgehead atoms. The van der Waals surface area contributed by atoms with Crippen LogP contribution < -0.4 is 10.9 Å². The van der Waals surface area contributed by atoms with Crippen molar-refractivity contribution in [2.75, 3.05) is 31.5 Å². The Kier molecular flexibility index (Phi) is 4.11. The van der Waals surface area contributed by atoms with E-state index in [2.05, 4.69) is 10.2 Å². The topological polar surface area (TPSA) is 50.2 Å². The lowest BCUT2D eigenvalue weighted by Crippen LogP contribution is -2.29. The first-order valence-electron chi connectivity index (χ1n) is 8.71. The smallest absolute Gasteiger partial charge is 0.263 e. The molecule has 1 saturated heterocycles. The van der Waals surface area contributed by atoms with Crippen LogP contribution in [0, 0.1) is 0 Å². The Morgan fingerprint density at radius 2 is 1.96 bits per heavy atom. The van der Waals surface area contributed by atoms with Crippen molar-refractivity contribution < 1.29 is 0 Å². The van der Waals surface area contributed by atoms with Gasteiger partial charge in [0.15, 0.2) is 0 Å². The third-order valence-corrected chi connectivity index (χ3v) is 6.29. The van der Waals surface area contributed by atoms with E-state index >= 15 is 0 Å². The van der Waals surface area contributed by atoms with Crippen molar-refractivity contribution in [1.29, 1.82) is 0 Å². The molecule has 23 heavy (non-hydrogen) atoms. The molecule has 1 aliphatic heterocycles. The van der Waals surface area contributed by atoms with Crippen LogP contribution in [0.1, 0.15) is 36.1 Å². The minimum absolute atomic E-state index is 0.109. The van der Waals surface area contributed by atoms with Crippen molar-refractivity contribution >= 4 is 27.5 Å². The minimum atomic E-state index is 0.109. The first-order chi connectivity index (χ1) is 11.2. The maximum absolute atomic E-state index is 12.8. The highest BCUT2D eigenvalue weighted by atomic mass is 32.1. The zero-order valence-electron chi connectivity index (χ0n) is 13.7.